The number of methoxy groups -OCH3 is 3. The first kappa shape index (κ1) is 17.9. The van der Waals surface area contributed by atoms with Crippen molar-refractivity contribution in [3.05, 3.63) is 46.5 Å². The Hall–Kier alpha value is -2.40. The van der Waals surface area contributed by atoms with E-state index in [-0.39, 0.29) is 12.3 Å². The summed E-state index contributed by atoms with van der Waals surface area (Å²) in [6.45, 7) is 1.91. The van der Waals surface area contributed by atoms with Crippen molar-refractivity contribution < 1.29 is 19.0 Å². The van der Waals surface area contributed by atoms with Gasteiger partial charge in [-0.2, -0.15) is 0 Å². The fourth-order valence-electron chi connectivity index (χ4n) is 2.40. The van der Waals surface area contributed by atoms with Gasteiger partial charge < -0.3 is 19.5 Å². The Morgan fingerprint density at radius 1 is 1.04 bits per heavy atom. The molecule has 24 heavy (non-hydrogen) atoms. The molecule has 0 unspecified atom stereocenters. The monoisotopic (exact) mass is 349 g/mol. The molecule has 0 saturated carbocycles. The van der Waals surface area contributed by atoms with Gasteiger partial charge in [0, 0.05) is 16.3 Å². The zero-order valence-corrected chi connectivity index (χ0v) is 14.9. The highest BCUT2D eigenvalue weighted by molar-refractivity contribution is 6.31. The lowest BCUT2D eigenvalue weighted by molar-refractivity contribution is -0.115. The Morgan fingerprint density at radius 3 is 2.38 bits per heavy atom. The van der Waals surface area contributed by atoms with Crippen LogP contribution in [-0.4, -0.2) is 27.2 Å². The number of rotatable bonds is 6. The highest BCUT2D eigenvalue weighted by atomic mass is 35.5. The van der Waals surface area contributed by atoms with E-state index in [1.165, 1.54) is 14.2 Å². The first-order chi connectivity index (χ1) is 11.5. The molecule has 0 aliphatic carbocycles. The van der Waals surface area contributed by atoms with Crippen LogP contribution in [0.2, 0.25) is 5.02 Å². The van der Waals surface area contributed by atoms with Crippen LogP contribution in [0.1, 0.15) is 11.1 Å². The SMILES string of the molecule is COc1ccc(CC(=O)Nc2cc(Cl)ccc2C)c(OC)c1OC. The van der Waals surface area contributed by atoms with Crippen molar-refractivity contribution in [2.75, 3.05) is 26.6 Å². The van der Waals surface area contributed by atoms with Crippen LogP contribution in [-0.2, 0) is 11.2 Å². The topological polar surface area (TPSA) is 56.8 Å². The fourth-order valence-corrected chi connectivity index (χ4v) is 2.57. The number of ether oxygens (including phenoxy) is 3. The number of benzene rings is 2. The summed E-state index contributed by atoms with van der Waals surface area (Å²) < 4.78 is 16.0. The summed E-state index contributed by atoms with van der Waals surface area (Å²) in [7, 11) is 4.60. The quantitative estimate of drug-likeness (QED) is 0.860. The lowest BCUT2D eigenvalue weighted by atomic mass is 10.1. The average molecular weight is 350 g/mol. The van der Waals surface area contributed by atoms with Gasteiger partial charge >= 0.3 is 0 Å². The molecule has 0 aliphatic rings. The highest BCUT2D eigenvalue weighted by Gasteiger charge is 2.18. The normalized spacial score (nSPS) is 10.2. The van der Waals surface area contributed by atoms with Crippen molar-refractivity contribution in [3.8, 4) is 17.2 Å². The van der Waals surface area contributed by atoms with Crippen LogP contribution >= 0.6 is 11.6 Å². The van der Waals surface area contributed by atoms with E-state index in [1.807, 2.05) is 13.0 Å². The second-order valence-electron chi connectivity index (χ2n) is 5.18. The third-order valence-electron chi connectivity index (χ3n) is 3.61. The zero-order chi connectivity index (χ0) is 17.7. The molecule has 2 aromatic rings. The molecule has 0 radical (unpaired) electrons. The summed E-state index contributed by atoms with van der Waals surface area (Å²) in [4.78, 5) is 12.4. The van der Waals surface area contributed by atoms with E-state index < -0.39 is 0 Å². The molecule has 0 atom stereocenters. The van der Waals surface area contributed by atoms with Crippen molar-refractivity contribution in [1.29, 1.82) is 0 Å². The zero-order valence-electron chi connectivity index (χ0n) is 14.1. The van der Waals surface area contributed by atoms with Gasteiger partial charge in [0.1, 0.15) is 0 Å². The number of hydrogen-bond acceptors (Lipinski definition) is 4. The maximum atomic E-state index is 12.4. The molecule has 128 valence electrons. The molecule has 0 fully saturated rings. The first-order valence-corrected chi connectivity index (χ1v) is 7.71. The van der Waals surface area contributed by atoms with Gasteiger partial charge in [-0.15, -0.1) is 0 Å². The van der Waals surface area contributed by atoms with Crippen molar-refractivity contribution in [2.24, 2.45) is 0 Å². The van der Waals surface area contributed by atoms with Crippen LogP contribution in [0.4, 0.5) is 5.69 Å². The van der Waals surface area contributed by atoms with Gasteiger partial charge in [0.05, 0.1) is 27.8 Å². The van der Waals surface area contributed by atoms with Crippen molar-refractivity contribution in [3.63, 3.8) is 0 Å². The van der Waals surface area contributed by atoms with Gasteiger partial charge in [-0.3, -0.25) is 4.79 Å². The van der Waals surface area contributed by atoms with E-state index in [2.05, 4.69) is 5.32 Å². The van der Waals surface area contributed by atoms with E-state index in [0.29, 0.717) is 33.5 Å². The maximum absolute atomic E-state index is 12.4. The molecule has 0 aromatic heterocycles. The molecule has 2 rings (SSSR count). The maximum Gasteiger partial charge on any atom is 0.228 e. The summed E-state index contributed by atoms with van der Waals surface area (Å²) in [5.74, 6) is 1.31. The number of carbonyl (C=O) groups excluding carboxylic acids is 1. The Morgan fingerprint density at radius 2 is 1.75 bits per heavy atom. The van der Waals surface area contributed by atoms with E-state index in [1.54, 1.807) is 31.4 Å². The Balaban J connectivity index is 2.24. The van der Waals surface area contributed by atoms with Crippen LogP contribution < -0.4 is 19.5 Å². The predicted molar refractivity (Wildman–Crippen MR) is 94.6 cm³/mol. The third kappa shape index (κ3) is 3.92. The summed E-state index contributed by atoms with van der Waals surface area (Å²) >= 11 is 5.98. The molecule has 0 bridgehead atoms. The minimum atomic E-state index is -0.175. The number of amides is 1. The van der Waals surface area contributed by atoms with E-state index in [4.69, 9.17) is 25.8 Å². The minimum absolute atomic E-state index is 0.134. The van der Waals surface area contributed by atoms with E-state index in [9.17, 15) is 4.79 Å². The number of anilines is 1. The molecular formula is C18H20ClNO4. The van der Waals surface area contributed by atoms with Crippen LogP contribution in [0.5, 0.6) is 17.2 Å². The number of nitrogens with one attached hydrogen (secondary N) is 1. The smallest absolute Gasteiger partial charge is 0.228 e. The lowest BCUT2D eigenvalue weighted by Crippen LogP contribution is -2.16. The van der Waals surface area contributed by atoms with Crippen LogP contribution in [0.25, 0.3) is 0 Å². The Kier molecular flexibility index (Phi) is 5.93. The number of aryl methyl sites for hydroxylation is 1. The van der Waals surface area contributed by atoms with Gasteiger partial charge in [-0.1, -0.05) is 23.7 Å². The molecule has 1 amide bonds. The molecule has 5 nitrogen and oxygen atoms in total. The molecule has 0 saturated heterocycles. The molecule has 0 heterocycles. The van der Waals surface area contributed by atoms with Crippen molar-refractivity contribution >= 4 is 23.2 Å². The molecule has 0 aliphatic heterocycles. The number of halogens is 1. The minimum Gasteiger partial charge on any atom is -0.493 e. The molecular weight excluding hydrogens is 330 g/mol. The molecule has 1 N–H and O–H groups in total. The van der Waals surface area contributed by atoms with Gasteiger partial charge in [0.25, 0.3) is 0 Å². The van der Waals surface area contributed by atoms with E-state index in [0.717, 1.165) is 5.56 Å². The predicted octanol–water partition coefficient (Wildman–Crippen LogP) is 3.86. The van der Waals surface area contributed by atoms with E-state index >= 15 is 0 Å². The third-order valence-corrected chi connectivity index (χ3v) is 3.85. The van der Waals surface area contributed by atoms with Gasteiger partial charge in [-0.25, -0.2) is 0 Å². The summed E-state index contributed by atoms with van der Waals surface area (Å²) in [5.41, 5.74) is 2.33. The second-order valence-corrected chi connectivity index (χ2v) is 5.61. The summed E-state index contributed by atoms with van der Waals surface area (Å²) in [6.07, 6.45) is 0.134. The van der Waals surface area contributed by atoms with Crippen LogP contribution in [0.15, 0.2) is 30.3 Å². The second kappa shape index (κ2) is 7.93. The van der Waals surface area contributed by atoms with Crippen LogP contribution in [0, 0.1) is 6.92 Å². The van der Waals surface area contributed by atoms with Gasteiger partial charge in [0.2, 0.25) is 11.7 Å². The largest absolute Gasteiger partial charge is 0.493 e. The molecule has 0 spiro atoms. The molecule has 2 aromatic carbocycles. The molecule has 6 heteroatoms. The first-order valence-electron chi connectivity index (χ1n) is 7.34. The fraction of sp³-hybridized carbons (Fsp3) is 0.278. The average Bonchev–Trinajstić information content (AvgIpc) is 2.57. The highest BCUT2D eigenvalue weighted by Crippen LogP contribution is 2.40. The van der Waals surface area contributed by atoms with Gasteiger partial charge in [-0.05, 0) is 30.7 Å². The summed E-state index contributed by atoms with van der Waals surface area (Å²) in [6, 6.07) is 8.89. The summed E-state index contributed by atoms with van der Waals surface area (Å²) in [5, 5.41) is 3.43. The number of carbonyl (C=O) groups is 1. The number of hydrogen-bond donors (Lipinski definition) is 1. The van der Waals surface area contributed by atoms with Crippen molar-refractivity contribution in [1.82, 2.24) is 0 Å². The lowest BCUT2D eigenvalue weighted by Gasteiger charge is -2.16. The van der Waals surface area contributed by atoms with Crippen LogP contribution in [0.3, 0.4) is 0 Å². The van der Waals surface area contributed by atoms with Crippen molar-refractivity contribution in [2.45, 2.75) is 13.3 Å². The Bertz CT molecular complexity index is 746. The standard InChI is InChI=1S/C18H20ClNO4/c1-11-5-7-13(19)10-14(11)20-16(21)9-12-6-8-15(22-2)18(24-4)17(12)23-3/h5-8,10H,9H2,1-4H3,(H,20,21). The van der Waals surface area contributed by atoms with Gasteiger partial charge in [0.15, 0.2) is 11.5 Å². The Labute approximate surface area is 146 Å².